The Morgan fingerprint density at radius 2 is 2.15 bits per heavy atom. The van der Waals surface area contributed by atoms with Crippen molar-refractivity contribution in [2.45, 2.75) is 31.3 Å². The first kappa shape index (κ1) is 11.3. The van der Waals surface area contributed by atoms with Crippen molar-refractivity contribution in [3.8, 4) is 0 Å². The lowest BCUT2D eigenvalue weighted by atomic mass is 9.88. The maximum Gasteiger partial charge on any atom is 0.0438 e. The molecule has 0 aromatic carbocycles. The van der Waals surface area contributed by atoms with E-state index in [0.29, 0.717) is 18.7 Å². The van der Waals surface area contributed by atoms with E-state index in [1.54, 1.807) is 0 Å². The molecule has 1 rings (SSSR count). The lowest BCUT2D eigenvalue weighted by Gasteiger charge is -2.33. The Morgan fingerprint density at radius 3 is 2.77 bits per heavy atom. The highest BCUT2D eigenvalue weighted by molar-refractivity contribution is 7.99. The van der Waals surface area contributed by atoms with E-state index in [0.717, 1.165) is 37.3 Å². The highest BCUT2D eigenvalue weighted by Gasteiger charge is 2.24. The van der Waals surface area contributed by atoms with Crippen molar-refractivity contribution in [3.05, 3.63) is 0 Å². The fourth-order valence-electron chi connectivity index (χ4n) is 1.43. The Kier molecular flexibility index (Phi) is 5.78. The molecule has 3 nitrogen and oxygen atoms in total. The summed E-state index contributed by atoms with van der Waals surface area (Å²) in [5.41, 5.74) is 5.67. The van der Waals surface area contributed by atoms with Gasteiger partial charge in [0.15, 0.2) is 0 Å². The van der Waals surface area contributed by atoms with Crippen molar-refractivity contribution in [2.24, 2.45) is 5.73 Å². The molecule has 0 amide bonds. The lowest BCUT2D eigenvalue weighted by molar-refractivity contribution is 0.295. The molecule has 0 spiro atoms. The third-order valence-electron chi connectivity index (χ3n) is 2.30. The van der Waals surface area contributed by atoms with Gasteiger partial charge in [-0.1, -0.05) is 0 Å². The van der Waals surface area contributed by atoms with Crippen molar-refractivity contribution < 1.29 is 5.11 Å². The van der Waals surface area contributed by atoms with Gasteiger partial charge in [-0.25, -0.2) is 0 Å². The molecule has 4 heteroatoms. The van der Waals surface area contributed by atoms with Gasteiger partial charge in [-0.3, -0.25) is 0 Å². The minimum Gasteiger partial charge on any atom is -0.396 e. The summed E-state index contributed by atoms with van der Waals surface area (Å²) >= 11 is 1.90. The SMILES string of the molecule is NC1CC(NCCSCCCO)C1. The molecule has 1 aliphatic rings. The number of hydrogen-bond acceptors (Lipinski definition) is 4. The number of thioether (sulfide) groups is 1. The lowest BCUT2D eigenvalue weighted by Crippen LogP contribution is -2.48. The maximum atomic E-state index is 8.54. The van der Waals surface area contributed by atoms with E-state index in [2.05, 4.69) is 5.32 Å². The largest absolute Gasteiger partial charge is 0.396 e. The molecule has 0 bridgehead atoms. The van der Waals surface area contributed by atoms with Crippen LogP contribution in [0.25, 0.3) is 0 Å². The Labute approximate surface area is 84.5 Å². The van der Waals surface area contributed by atoms with E-state index in [1.165, 1.54) is 0 Å². The summed E-state index contributed by atoms with van der Waals surface area (Å²) in [6.45, 7) is 1.39. The third kappa shape index (κ3) is 4.86. The summed E-state index contributed by atoms with van der Waals surface area (Å²) in [5, 5.41) is 12.0. The van der Waals surface area contributed by atoms with E-state index >= 15 is 0 Å². The fraction of sp³-hybridized carbons (Fsp3) is 1.00. The average molecular weight is 204 g/mol. The van der Waals surface area contributed by atoms with Crippen LogP contribution in [0, 0.1) is 0 Å². The molecule has 13 heavy (non-hydrogen) atoms. The van der Waals surface area contributed by atoms with Gasteiger partial charge in [0.05, 0.1) is 0 Å². The molecule has 0 unspecified atom stereocenters. The van der Waals surface area contributed by atoms with Crippen molar-refractivity contribution >= 4 is 11.8 Å². The first-order valence-corrected chi connectivity index (χ1v) is 6.16. The predicted molar refractivity (Wildman–Crippen MR) is 58.0 cm³/mol. The topological polar surface area (TPSA) is 58.3 Å². The van der Waals surface area contributed by atoms with Crippen molar-refractivity contribution in [1.82, 2.24) is 5.32 Å². The molecule has 0 radical (unpaired) electrons. The zero-order valence-electron chi connectivity index (χ0n) is 8.04. The van der Waals surface area contributed by atoms with Gasteiger partial charge in [0.25, 0.3) is 0 Å². The fourth-order valence-corrected chi connectivity index (χ4v) is 2.23. The van der Waals surface area contributed by atoms with Crippen LogP contribution in [-0.2, 0) is 0 Å². The van der Waals surface area contributed by atoms with E-state index in [1.807, 2.05) is 11.8 Å². The first-order chi connectivity index (χ1) is 6.33. The molecule has 78 valence electrons. The second kappa shape index (κ2) is 6.65. The standard InChI is InChI=1S/C9H20N2OS/c10-8-6-9(7-8)11-2-5-13-4-1-3-12/h8-9,11-12H,1-7,10H2. The Bertz CT molecular complexity index is 129. The van der Waals surface area contributed by atoms with E-state index in [-0.39, 0.29) is 0 Å². The van der Waals surface area contributed by atoms with Gasteiger partial charge >= 0.3 is 0 Å². The molecule has 0 heterocycles. The molecular formula is C9H20N2OS. The highest BCUT2D eigenvalue weighted by atomic mass is 32.2. The Morgan fingerprint density at radius 1 is 1.38 bits per heavy atom. The average Bonchev–Trinajstić information content (AvgIpc) is 2.07. The number of hydrogen-bond donors (Lipinski definition) is 3. The summed E-state index contributed by atoms with van der Waals surface area (Å²) in [6, 6.07) is 1.12. The van der Waals surface area contributed by atoms with E-state index in [9.17, 15) is 0 Å². The van der Waals surface area contributed by atoms with E-state index < -0.39 is 0 Å². The maximum absolute atomic E-state index is 8.54. The zero-order valence-corrected chi connectivity index (χ0v) is 8.85. The Hall–Kier alpha value is 0.230. The molecule has 4 N–H and O–H groups in total. The summed E-state index contributed by atoms with van der Waals surface area (Å²) in [4.78, 5) is 0. The zero-order chi connectivity index (χ0) is 9.52. The van der Waals surface area contributed by atoms with Crippen LogP contribution >= 0.6 is 11.8 Å². The minimum absolute atomic E-state index is 0.317. The molecule has 0 aromatic rings. The minimum atomic E-state index is 0.317. The summed E-state index contributed by atoms with van der Waals surface area (Å²) in [7, 11) is 0. The number of nitrogens with two attached hydrogens (primary N) is 1. The van der Waals surface area contributed by atoms with Gasteiger partial charge in [0.1, 0.15) is 0 Å². The van der Waals surface area contributed by atoms with Gasteiger partial charge < -0.3 is 16.2 Å². The van der Waals surface area contributed by atoms with Crippen molar-refractivity contribution in [2.75, 3.05) is 24.7 Å². The van der Waals surface area contributed by atoms with Crippen LogP contribution in [0.2, 0.25) is 0 Å². The number of aliphatic hydroxyl groups is 1. The second-order valence-electron chi connectivity index (χ2n) is 3.57. The van der Waals surface area contributed by atoms with Crippen molar-refractivity contribution in [1.29, 1.82) is 0 Å². The van der Waals surface area contributed by atoms with Crippen LogP contribution in [0.1, 0.15) is 19.3 Å². The molecule has 0 aromatic heterocycles. The van der Waals surface area contributed by atoms with Crippen LogP contribution in [0.5, 0.6) is 0 Å². The van der Waals surface area contributed by atoms with Gasteiger partial charge in [-0.15, -0.1) is 0 Å². The molecule has 1 saturated carbocycles. The normalized spacial score (nSPS) is 27.2. The summed E-state index contributed by atoms with van der Waals surface area (Å²) in [5.74, 6) is 2.22. The monoisotopic (exact) mass is 204 g/mol. The molecule has 0 atom stereocenters. The molecule has 1 aliphatic carbocycles. The van der Waals surface area contributed by atoms with E-state index in [4.69, 9.17) is 10.8 Å². The quantitative estimate of drug-likeness (QED) is 0.518. The third-order valence-corrected chi connectivity index (χ3v) is 3.37. The summed E-state index contributed by atoms with van der Waals surface area (Å²) < 4.78 is 0. The smallest absolute Gasteiger partial charge is 0.0438 e. The van der Waals surface area contributed by atoms with Gasteiger partial charge in [-0.05, 0) is 25.0 Å². The number of aliphatic hydroxyl groups excluding tert-OH is 1. The highest BCUT2D eigenvalue weighted by Crippen LogP contribution is 2.17. The predicted octanol–water partition coefficient (Wildman–Crippen LogP) is 0.181. The second-order valence-corrected chi connectivity index (χ2v) is 4.80. The van der Waals surface area contributed by atoms with Crippen LogP contribution in [0.15, 0.2) is 0 Å². The molecular weight excluding hydrogens is 184 g/mol. The van der Waals surface area contributed by atoms with Crippen LogP contribution < -0.4 is 11.1 Å². The first-order valence-electron chi connectivity index (χ1n) is 5.00. The van der Waals surface area contributed by atoms with Crippen LogP contribution in [0.4, 0.5) is 0 Å². The van der Waals surface area contributed by atoms with Gasteiger partial charge in [0.2, 0.25) is 0 Å². The van der Waals surface area contributed by atoms with Crippen molar-refractivity contribution in [3.63, 3.8) is 0 Å². The molecule has 1 fully saturated rings. The van der Waals surface area contributed by atoms with Crippen LogP contribution in [0.3, 0.4) is 0 Å². The number of rotatable bonds is 7. The molecule has 0 saturated heterocycles. The van der Waals surface area contributed by atoms with Gasteiger partial charge in [0, 0.05) is 31.0 Å². The Balaban J connectivity index is 1.74. The number of nitrogens with one attached hydrogen (secondary N) is 1. The van der Waals surface area contributed by atoms with Crippen LogP contribution in [-0.4, -0.2) is 41.8 Å². The van der Waals surface area contributed by atoms with Gasteiger partial charge in [-0.2, -0.15) is 11.8 Å². The summed E-state index contributed by atoms with van der Waals surface area (Å²) in [6.07, 6.45) is 3.20. The molecule has 0 aliphatic heterocycles.